The first-order chi connectivity index (χ1) is 13.2. The predicted molar refractivity (Wildman–Crippen MR) is 101 cm³/mol. The fourth-order valence-electron chi connectivity index (χ4n) is 6.13. The Labute approximate surface area is 160 Å². The minimum absolute atomic E-state index is 0.0386. The number of hydrogen-bond donors (Lipinski definition) is 0. The molecule has 144 valence electrons. The quantitative estimate of drug-likeness (QED) is 0.753. The summed E-state index contributed by atoms with van der Waals surface area (Å²) in [6.07, 6.45) is 5.95. The fraction of sp³-hybridized carbons (Fsp3) is 0.636. The lowest BCUT2D eigenvalue weighted by Crippen LogP contribution is -2.68. The van der Waals surface area contributed by atoms with Crippen molar-refractivity contribution in [2.75, 3.05) is 19.6 Å². The van der Waals surface area contributed by atoms with E-state index in [1.54, 1.807) is 12.1 Å². The number of carbonyl (C=O) groups is 2. The van der Waals surface area contributed by atoms with Gasteiger partial charge in [-0.25, -0.2) is 4.79 Å². The standard InChI is InChI=1S/C22H28N2O3/c25-21-19(27-22(26)15-6-2-1-3-7-15)11-10-18-17-9-5-13-23-12-4-8-16(20(17)23)14-24(18)21/h1-3,6-7,16-20H,4-5,8-14H2. The van der Waals surface area contributed by atoms with Crippen LogP contribution in [0.2, 0.25) is 0 Å². The zero-order chi connectivity index (χ0) is 18.4. The molecule has 5 heteroatoms. The highest BCUT2D eigenvalue weighted by Gasteiger charge is 2.52. The topological polar surface area (TPSA) is 49.9 Å². The van der Waals surface area contributed by atoms with Crippen molar-refractivity contribution in [2.45, 2.75) is 56.7 Å². The minimum atomic E-state index is -0.617. The van der Waals surface area contributed by atoms with Crippen molar-refractivity contribution in [3.05, 3.63) is 35.9 Å². The van der Waals surface area contributed by atoms with Crippen LogP contribution in [0.5, 0.6) is 0 Å². The van der Waals surface area contributed by atoms with E-state index >= 15 is 0 Å². The van der Waals surface area contributed by atoms with E-state index < -0.39 is 6.10 Å². The van der Waals surface area contributed by atoms with Gasteiger partial charge in [0.25, 0.3) is 5.91 Å². The normalized spacial score (nSPS) is 35.9. The van der Waals surface area contributed by atoms with Gasteiger partial charge in [0.15, 0.2) is 6.10 Å². The number of nitrogens with zero attached hydrogens (tertiary/aromatic N) is 2. The summed E-state index contributed by atoms with van der Waals surface area (Å²) in [5.41, 5.74) is 0.515. The van der Waals surface area contributed by atoms with Crippen LogP contribution in [0.25, 0.3) is 0 Å². The van der Waals surface area contributed by atoms with Crippen molar-refractivity contribution in [2.24, 2.45) is 11.8 Å². The molecule has 0 aliphatic carbocycles. The van der Waals surface area contributed by atoms with Crippen LogP contribution in [0.15, 0.2) is 30.3 Å². The Morgan fingerprint density at radius 1 is 1.00 bits per heavy atom. The van der Waals surface area contributed by atoms with E-state index in [-0.39, 0.29) is 11.9 Å². The summed E-state index contributed by atoms with van der Waals surface area (Å²) in [6.45, 7) is 3.31. The molecule has 5 rings (SSSR count). The minimum Gasteiger partial charge on any atom is -0.449 e. The van der Waals surface area contributed by atoms with Gasteiger partial charge in [-0.3, -0.25) is 9.69 Å². The monoisotopic (exact) mass is 368 g/mol. The molecule has 0 aromatic heterocycles. The Balaban J connectivity index is 1.32. The molecule has 4 aliphatic heterocycles. The van der Waals surface area contributed by atoms with Gasteiger partial charge in [0.05, 0.1) is 5.56 Å². The van der Waals surface area contributed by atoms with Crippen molar-refractivity contribution < 1.29 is 14.3 Å². The lowest BCUT2D eigenvalue weighted by molar-refractivity contribution is -0.162. The Kier molecular flexibility index (Phi) is 4.43. The van der Waals surface area contributed by atoms with Gasteiger partial charge in [0, 0.05) is 18.6 Å². The van der Waals surface area contributed by atoms with Gasteiger partial charge in [-0.15, -0.1) is 0 Å². The summed E-state index contributed by atoms with van der Waals surface area (Å²) in [5, 5.41) is 0. The molecule has 0 spiro atoms. The van der Waals surface area contributed by atoms with Crippen LogP contribution < -0.4 is 0 Å². The molecule has 4 heterocycles. The predicted octanol–water partition coefficient (Wildman–Crippen LogP) is 2.71. The molecule has 0 radical (unpaired) electrons. The van der Waals surface area contributed by atoms with Gasteiger partial charge in [-0.2, -0.15) is 0 Å². The molecule has 4 fully saturated rings. The molecule has 4 saturated heterocycles. The molecular weight excluding hydrogens is 340 g/mol. The van der Waals surface area contributed by atoms with Gasteiger partial charge >= 0.3 is 5.97 Å². The molecule has 0 saturated carbocycles. The third-order valence-corrected chi connectivity index (χ3v) is 7.21. The summed E-state index contributed by atoms with van der Waals surface area (Å²) in [6, 6.07) is 9.99. The molecule has 5 atom stereocenters. The van der Waals surface area contributed by atoms with E-state index in [1.165, 1.54) is 38.8 Å². The first-order valence-electron chi connectivity index (χ1n) is 10.5. The number of fused-ring (bicyclic) bond motifs is 2. The van der Waals surface area contributed by atoms with Gasteiger partial charge in [0.1, 0.15) is 0 Å². The molecule has 1 aromatic carbocycles. The number of esters is 1. The average molecular weight is 368 g/mol. The number of amides is 1. The third-order valence-electron chi connectivity index (χ3n) is 7.21. The van der Waals surface area contributed by atoms with Crippen LogP contribution >= 0.6 is 0 Å². The number of piperidine rings is 4. The summed E-state index contributed by atoms with van der Waals surface area (Å²) in [4.78, 5) is 30.4. The lowest BCUT2D eigenvalue weighted by Gasteiger charge is -2.59. The second kappa shape index (κ2) is 6.93. The Morgan fingerprint density at radius 2 is 1.78 bits per heavy atom. The number of ether oxygens (including phenoxy) is 1. The van der Waals surface area contributed by atoms with Crippen molar-refractivity contribution in [3.63, 3.8) is 0 Å². The molecule has 4 aliphatic rings. The molecular formula is C22H28N2O3. The van der Waals surface area contributed by atoms with Gasteiger partial charge in [-0.1, -0.05) is 18.2 Å². The van der Waals surface area contributed by atoms with E-state index in [2.05, 4.69) is 9.80 Å². The maximum atomic E-state index is 13.2. The van der Waals surface area contributed by atoms with Crippen molar-refractivity contribution in [1.82, 2.24) is 9.80 Å². The van der Waals surface area contributed by atoms with E-state index in [4.69, 9.17) is 4.74 Å². The van der Waals surface area contributed by atoms with Crippen LogP contribution in [0.4, 0.5) is 0 Å². The fourth-order valence-corrected chi connectivity index (χ4v) is 6.13. The molecule has 5 unspecified atom stereocenters. The summed E-state index contributed by atoms with van der Waals surface area (Å²) >= 11 is 0. The molecule has 5 nitrogen and oxygen atoms in total. The van der Waals surface area contributed by atoms with Crippen LogP contribution in [0.3, 0.4) is 0 Å². The maximum absolute atomic E-state index is 13.2. The summed E-state index contributed by atoms with van der Waals surface area (Å²) < 4.78 is 5.64. The maximum Gasteiger partial charge on any atom is 0.338 e. The summed E-state index contributed by atoms with van der Waals surface area (Å²) in [5.74, 6) is 0.848. The molecule has 1 aromatic rings. The number of benzene rings is 1. The zero-order valence-electron chi connectivity index (χ0n) is 15.8. The van der Waals surface area contributed by atoms with Crippen molar-refractivity contribution in [3.8, 4) is 0 Å². The van der Waals surface area contributed by atoms with E-state index in [0.717, 1.165) is 13.0 Å². The molecule has 27 heavy (non-hydrogen) atoms. The Hall–Kier alpha value is -1.88. The number of carbonyl (C=O) groups excluding carboxylic acids is 2. The Bertz CT molecular complexity index is 720. The molecule has 0 bridgehead atoms. The smallest absolute Gasteiger partial charge is 0.338 e. The highest BCUT2D eigenvalue weighted by atomic mass is 16.5. The second-order valence-corrected chi connectivity index (χ2v) is 8.63. The average Bonchev–Trinajstić information content (AvgIpc) is 2.71. The van der Waals surface area contributed by atoms with Crippen molar-refractivity contribution >= 4 is 11.9 Å². The summed E-state index contributed by atoms with van der Waals surface area (Å²) in [7, 11) is 0. The second-order valence-electron chi connectivity index (χ2n) is 8.63. The van der Waals surface area contributed by atoms with Gasteiger partial charge < -0.3 is 9.64 Å². The van der Waals surface area contributed by atoms with E-state index in [0.29, 0.717) is 35.9 Å². The zero-order valence-corrected chi connectivity index (χ0v) is 15.8. The molecule has 0 N–H and O–H groups in total. The van der Waals surface area contributed by atoms with Crippen LogP contribution in [0, 0.1) is 11.8 Å². The highest BCUT2D eigenvalue weighted by Crippen LogP contribution is 2.45. The highest BCUT2D eigenvalue weighted by molar-refractivity contribution is 5.92. The largest absolute Gasteiger partial charge is 0.449 e. The lowest BCUT2D eigenvalue weighted by atomic mass is 9.68. The first kappa shape index (κ1) is 17.2. The third kappa shape index (κ3) is 2.96. The van der Waals surface area contributed by atoms with Gasteiger partial charge in [-0.05, 0) is 75.6 Å². The van der Waals surface area contributed by atoms with Crippen LogP contribution in [-0.2, 0) is 9.53 Å². The SMILES string of the molecule is O=C(OC1CCC2C3CCCN4CCCC(CN2C1=O)C34)c1ccccc1. The first-order valence-corrected chi connectivity index (χ1v) is 10.5. The van der Waals surface area contributed by atoms with E-state index in [9.17, 15) is 9.59 Å². The van der Waals surface area contributed by atoms with Gasteiger partial charge in [0.2, 0.25) is 0 Å². The number of hydrogen-bond acceptors (Lipinski definition) is 4. The molecule has 1 amide bonds. The van der Waals surface area contributed by atoms with E-state index in [1.807, 2.05) is 18.2 Å². The number of rotatable bonds is 2. The van der Waals surface area contributed by atoms with Crippen LogP contribution in [0.1, 0.15) is 48.9 Å². The van der Waals surface area contributed by atoms with Crippen molar-refractivity contribution in [1.29, 1.82) is 0 Å². The Morgan fingerprint density at radius 3 is 2.59 bits per heavy atom. The van der Waals surface area contributed by atoms with Crippen LogP contribution in [-0.4, -0.2) is 59.5 Å².